The molecule has 0 fully saturated rings. The van der Waals surface area contributed by atoms with Crippen LogP contribution in [0.1, 0.15) is 47.0 Å². The van der Waals surface area contributed by atoms with Crippen LogP contribution in [0.2, 0.25) is 0 Å². The Hall–Kier alpha value is -0.0800. The smallest absolute Gasteiger partial charge is 0.0499 e. The number of hydrogen-bond donors (Lipinski definition) is 1. The Morgan fingerprint density at radius 2 is 1.73 bits per heavy atom. The summed E-state index contributed by atoms with van der Waals surface area (Å²) in [6.07, 6.45) is 3.81. The summed E-state index contributed by atoms with van der Waals surface area (Å²) in [7, 11) is 1.77. The monoisotopic (exact) mass is 215 g/mol. The second kappa shape index (κ2) is 9.17. The van der Waals surface area contributed by atoms with E-state index in [1.54, 1.807) is 7.11 Å². The number of rotatable bonds is 9. The third-order valence-electron chi connectivity index (χ3n) is 3.08. The van der Waals surface area contributed by atoms with Gasteiger partial charge in [0.15, 0.2) is 0 Å². The molecule has 0 heterocycles. The Morgan fingerprint density at radius 3 is 2.20 bits per heavy atom. The fourth-order valence-electron chi connectivity index (χ4n) is 1.76. The minimum Gasteiger partial charge on any atom is -0.384 e. The molecule has 2 nitrogen and oxygen atoms in total. The van der Waals surface area contributed by atoms with Gasteiger partial charge in [-0.25, -0.2) is 0 Å². The van der Waals surface area contributed by atoms with Gasteiger partial charge in [-0.3, -0.25) is 0 Å². The van der Waals surface area contributed by atoms with E-state index in [4.69, 9.17) is 4.74 Å². The van der Waals surface area contributed by atoms with Crippen molar-refractivity contribution in [2.45, 2.75) is 53.0 Å². The van der Waals surface area contributed by atoms with Crippen LogP contribution in [0.15, 0.2) is 0 Å². The Balaban J connectivity index is 3.69. The number of ether oxygens (including phenoxy) is 1. The van der Waals surface area contributed by atoms with E-state index in [-0.39, 0.29) is 0 Å². The summed E-state index contributed by atoms with van der Waals surface area (Å²) in [6.45, 7) is 11.0. The molecule has 0 rings (SSSR count). The van der Waals surface area contributed by atoms with Gasteiger partial charge >= 0.3 is 0 Å². The maximum Gasteiger partial charge on any atom is 0.0499 e. The van der Waals surface area contributed by atoms with Crippen molar-refractivity contribution in [2.24, 2.45) is 11.8 Å². The molecule has 3 unspecified atom stereocenters. The molecule has 0 bridgehead atoms. The zero-order chi connectivity index (χ0) is 11.7. The minimum absolute atomic E-state index is 0.612. The number of methoxy groups -OCH3 is 1. The van der Waals surface area contributed by atoms with Crippen LogP contribution in [0.3, 0.4) is 0 Å². The van der Waals surface area contributed by atoms with Crippen LogP contribution in [0.4, 0.5) is 0 Å². The fourth-order valence-corrected chi connectivity index (χ4v) is 1.76. The molecular weight excluding hydrogens is 186 g/mol. The first-order valence-electron chi connectivity index (χ1n) is 6.36. The Kier molecular flexibility index (Phi) is 9.12. The molecule has 0 amide bonds. The van der Waals surface area contributed by atoms with Crippen molar-refractivity contribution in [1.82, 2.24) is 5.32 Å². The molecule has 0 saturated heterocycles. The predicted octanol–water partition coefficient (Wildman–Crippen LogP) is 3.07. The molecule has 0 aromatic carbocycles. The van der Waals surface area contributed by atoms with Crippen LogP contribution in [0.25, 0.3) is 0 Å². The van der Waals surface area contributed by atoms with E-state index < -0.39 is 0 Å². The Bertz CT molecular complexity index is 138. The molecule has 0 aliphatic carbocycles. The third kappa shape index (κ3) is 7.80. The lowest BCUT2D eigenvalue weighted by atomic mass is 9.97. The van der Waals surface area contributed by atoms with Gasteiger partial charge < -0.3 is 10.1 Å². The molecule has 0 radical (unpaired) electrons. The van der Waals surface area contributed by atoms with Gasteiger partial charge in [-0.2, -0.15) is 0 Å². The third-order valence-corrected chi connectivity index (χ3v) is 3.08. The summed E-state index contributed by atoms with van der Waals surface area (Å²) >= 11 is 0. The van der Waals surface area contributed by atoms with Crippen molar-refractivity contribution in [3.63, 3.8) is 0 Å². The van der Waals surface area contributed by atoms with Crippen LogP contribution in [-0.2, 0) is 4.74 Å². The highest BCUT2D eigenvalue weighted by Crippen LogP contribution is 2.12. The van der Waals surface area contributed by atoms with E-state index in [1.165, 1.54) is 19.3 Å². The summed E-state index contributed by atoms with van der Waals surface area (Å²) in [5.41, 5.74) is 0. The summed E-state index contributed by atoms with van der Waals surface area (Å²) in [5.74, 6) is 1.45. The van der Waals surface area contributed by atoms with Crippen LogP contribution < -0.4 is 5.32 Å². The first kappa shape index (κ1) is 14.9. The van der Waals surface area contributed by atoms with E-state index in [9.17, 15) is 0 Å². The second-order valence-corrected chi connectivity index (χ2v) is 4.82. The highest BCUT2D eigenvalue weighted by atomic mass is 16.5. The van der Waals surface area contributed by atoms with Crippen molar-refractivity contribution in [3.8, 4) is 0 Å². The molecular formula is C13H29NO. The average molecular weight is 215 g/mol. The van der Waals surface area contributed by atoms with Gasteiger partial charge in [0.2, 0.25) is 0 Å². The molecule has 0 spiro atoms. The molecule has 3 atom stereocenters. The summed E-state index contributed by atoms with van der Waals surface area (Å²) in [6, 6.07) is 0.680. The first-order chi connectivity index (χ1) is 7.13. The molecule has 0 aliphatic rings. The second-order valence-electron chi connectivity index (χ2n) is 4.82. The van der Waals surface area contributed by atoms with E-state index in [0.717, 1.165) is 19.1 Å². The molecule has 2 heteroatoms. The molecule has 15 heavy (non-hydrogen) atoms. The zero-order valence-electron chi connectivity index (χ0n) is 11.2. The molecule has 0 aromatic heterocycles. The summed E-state index contributed by atoms with van der Waals surface area (Å²) in [5, 5.41) is 3.64. The van der Waals surface area contributed by atoms with Crippen molar-refractivity contribution >= 4 is 0 Å². The lowest BCUT2D eigenvalue weighted by Gasteiger charge is -2.22. The van der Waals surface area contributed by atoms with Gasteiger partial charge in [0.05, 0.1) is 0 Å². The van der Waals surface area contributed by atoms with Gasteiger partial charge in [0.25, 0.3) is 0 Å². The molecule has 1 N–H and O–H groups in total. The average Bonchev–Trinajstić information content (AvgIpc) is 2.24. The van der Waals surface area contributed by atoms with Crippen LogP contribution in [0.5, 0.6) is 0 Å². The maximum atomic E-state index is 5.13. The topological polar surface area (TPSA) is 21.3 Å². The van der Waals surface area contributed by atoms with Crippen molar-refractivity contribution in [1.29, 1.82) is 0 Å². The van der Waals surface area contributed by atoms with Crippen LogP contribution in [-0.4, -0.2) is 26.3 Å². The van der Waals surface area contributed by atoms with Gasteiger partial charge in [-0.05, 0) is 24.7 Å². The molecule has 0 saturated carbocycles. The number of hydrogen-bond acceptors (Lipinski definition) is 2. The van der Waals surface area contributed by atoms with E-state index in [2.05, 4.69) is 33.0 Å². The largest absolute Gasteiger partial charge is 0.384 e. The molecule has 0 aliphatic heterocycles. The van der Waals surface area contributed by atoms with E-state index in [0.29, 0.717) is 12.0 Å². The normalized spacial score (nSPS) is 17.4. The van der Waals surface area contributed by atoms with Gasteiger partial charge in [0, 0.05) is 26.3 Å². The molecule has 92 valence electrons. The van der Waals surface area contributed by atoms with Crippen molar-refractivity contribution in [3.05, 3.63) is 0 Å². The maximum absolute atomic E-state index is 5.13. The SMILES string of the molecule is CCC(C)CC(CC)NCC(C)COC. The Labute approximate surface area is 95.8 Å². The number of nitrogens with one attached hydrogen (secondary N) is 1. The predicted molar refractivity (Wildman–Crippen MR) is 67.2 cm³/mol. The van der Waals surface area contributed by atoms with Gasteiger partial charge in [-0.1, -0.05) is 34.1 Å². The van der Waals surface area contributed by atoms with Crippen molar-refractivity contribution < 1.29 is 4.74 Å². The standard InChI is InChI=1S/C13H29NO/c1-6-11(3)8-13(7-2)14-9-12(4)10-15-5/h11-14H,6-10H2,1-5H3. The highest BCUT2D eigenvalue weighted by Gasteiger charge is 2.11. The van der Waals surface area contributed by atoms with Crippen LogP contribution in [0, 0.1) is 11.8 Å². The van der Waals surface area contributed by atoms with Crippen molar-refractivity contribution in [2.75, 3.05) is 20.3 Å². The quantitative estimate of drug-likeness (QED) is 0.638. The first-order valence-corrected chi connectivity index (χ1v) is 6.36. The van der Waals surface area contributed by atoms with Crippen LogP contribution >= 0.6 is 0 Å². The molecule has 0 aromatic rings. The zero-order valence-corrected chi connectivity index (χ0v) is 11.2. The van der Waals surface area contributed by atoms with E-state index >= 15 is 0 Å². The Morgan fingerprint density at radius 1 is 1.07 bits per heavy atom. The fraction of sp³-hybridized carbons (Fsp3) is 1.00. The summed E-state index contributed by atoms with van der Waals surface area (Å²) in [4.78, 5) is 0. The summed E-state index contributed by atoms with van der Waals surface area (Å²) < 4.78 is 5.13. The van der Waals surface area contributed by atoms with Gasteiger partial charge in [0.1, 0.15) is 0 Å². The minimum atomic E-state index is 0.612. The van der Waals surface area contributed by atoms with E-state index in [1.807, 2.05) is 0 Å². The highest BCUT2D eigenvalue weighted by molar-refractivity contribution is 4.69. The lowest BCUT2D eigenvalue weighted by Crippen LogP contribution is -2.34. The van der Waals surface area contributed by atoms with Gasteiger partial charge in [-0.15, -0.1) is 0 Å². The lowest BCUT2D eigenvalue weighted by molar-refractivity contribution is 0.155.